The van der Waals surface area contributed by atoms with Crippen molar-refractivity contribution >= 4 is 11.3 Å². The molecule has 0 aliphatic rings. The number of methoxy groups -OCH3 is 1. The van der Waals surface area contributed by atoms with Crippen molar-refractivity contribution in [2.75, 3.05) is 20.3 Å². The Bertz CT molecular complexity index is 387. The molecule has 94 valence electrons. The zero-order valence-corrected chi connectivity index (χ0v) is 11.7. The van der Waals surface area contributed by atoms with E-state index < -0.39 is 0 Å². The molecule has 0 aliphatic carbocycles. The van der Waals surface area contributed by atoms with Crippen molar-refractivity contribution in [3.63, 3.8) is 0 Å². The third-order valence-corrected chi connectivity index (χ3v) is 4.01. The largest absolute Gasteiger partial charge is 0.383 e. The molecule has 0 aromatic carbocycles. The Morgan fingerprint density at radius 2 is 2.18 bits per heavy atom. The smallest absolute Gasteiger partial charge is 0.130 e. The van der Waals surface area contributed by atoms with Gasteiger partial charge in [-0.3, -0.25) is 5.32 Å². The zero-order valence-electron chi connectivity index (χ0n) is 10.9. The zero-order chi connectivity index (χ0) is 12.9. The molecular formula is C13H20N2OS. The molecule has 0 spiro atoms. The van der Waals surface area contributed by atoms with Gasteiger partial charge < -0.3 is 4.74 Å². The molecule has 0 radical (unpaired) electrons. The van der Waals surface area contributed by atoms with Gasteiger partial charge in [0.05, 0.1) is 12.7 Å². The fourth-order valence-corrected chi connectivity index (χ4v) is 2.51. The molecule has 4 heteroatoms. The number of thiophene rings is 1. The van der Waals surface area contributed by atoms with Gasteiger partial charge in [-0.05, 0) is 17.5 Å². The summed E-state index contributed by atoms with van der Waals surface area (Å²) in [4.78, 5) is 2.38. The molecule has 3 nitrogen and oxygen atoms in total. The molecular weight excluding hydrogens is 232 g/mol. The van der Waals surface area contributed by atoms with E-state index in [0.29, 0.717) is 13.2 Å². The van der Waals surface area contributed by atoms with Crippen molar-refractivity contribution in [2.24, 2.45) is 0 Å². The van der Waals surface area contributed by atoms with E-state index in [4.69, 9.17) is 10.00 Å². The van der Waals surface area contributed by atoms with Gasteiger partial charge in [-0.2, -0.15) is 5.26 Å². The first kappa shape index (κ1) is 14.2. The molecule has 1 aromatic rings. The Hall–Kier alpha value is -0.890. The minimum Gasteiger partial charge on any atom is -0.383 e. The van der Waals surface area contributed by atoms with Crippen LogP contribution in [0.3, 0.4) is 0 Å². The summed E-state index contributed by atoms with van der Waals surface area (Å²) >= 11 is 1.70. The van der Waals surface area contributed by atoms with E-state index in [2.05, 4.69) is 38.2 Å². The number of hydrogen-bond donors (Lipinski definition) is 1. The third kappa shape index (κ3) is 4.12. The maximum Gasteiger partial charge on any atom is 0.130 e. The third-order valence-electron chi connectivity index (χ3n) is 2.43. The first-order valence-corrected chi connectivity index (χ1v) is 6.53. The van der Waals surface area contributed by atoms with Gasteiger partial charge in [0.15, 0.2) is 0 Å². The normalized spacial score (nSPS) is 13.4. The number of nitrogens with zero attached hydrogens (tertiary/aromatic N) is 1. The van der Waals surface area contributed by atoms with Gasteiger partial charge in [-0.15, -0.1) is 11.3 Å². The summed E-state index contributed by atoms with van der Waals surface area (Å²) in [6, 6.07) is 6.21. The monoisotopic (exact) mass is 252 g/mol. The molecule has 0 saturated heterocycles. The summed E-state index contributed by atoms with van der Waals surface area (Å²) in [5.74, 6) is 0. The van der Waals surface area contributed by atoms with Crippen LogP contribution in [0.5, 0.6) is 0 Å². The number of hydrogen-bond acceptors (Lipinski definition) is 4. The van der Waals surface area contributed by atoms with Gasteiger partial charge in [0, 0.05) is 23.4 Å². The van der Waals surface area contributed by atoms with Crippen LogP contribution in [0.15, 0.2) is 12.1 Å². The molecule has 0 saturated carbocycles. The van der Waals surface area contributed by atoms with Crippen LogP contribution in [0.25, 0.3) is 0 Å². The van der Waals surface area contributed by atoms with Crippen LogP contribution in [0.1, 0.15) is 36.6 Å². The molecule has 1 unspecified atom stereocenters. The van der Waals surface area contributed by atoms with E-state index in [-0.39, 0.29) is 11.5 Å². The number of nitriles is 1. The maximum absolute atomic E-state index is 9.14. The molecule has 1 rings (SSSR count). The Labute approximate surface area is 107 Å². The fraction of sp³-hybridized carbons (Fsp3) is 0.615. The van der Waals surface area contributed by atoms with Gasteiger partial charge >= 0.3 is 0 Å². The van der Waals surface area contributed by atoms with Gasteiger partial charge in [-0.1, -0.05) is 20.8 Å². The highest BCUT2D eigenvalue weighted by atomic mass is 32.1. The van der Waals surface area contributed by atoms with E-state index in [1.54, 1.807) is 18.4 Å². The molecule has 17 heavy (non-hydrogen) atoms. The number of ether oxygens (including phenoxy) is 1. The second kappa shape index (κ2) is 6.15. The lowest BCUT2D eigenvalue weighted by molar-refractivity contribution is 0.198. The second-order valence-electron chi connectivity index (χ2n) is 4.96. The van der Waals surface area contributed by atoms with Crippen molar-refractivity contribution in [1.82, 2.24) is 5.32 Å². The average Bonchev–Trinajstić information content (AvgIpc) is 2.73. The van der Waals surface area contributed by atoms with Crippen molar-refractivity contribution < 1.29 is 4.74 Å². The van der Waals surface area contributed by atoms with Gasteiger partial charge in [0.25, 0.3) is 0 Å². The topological polar surface area (TPSA) is 45.0 Å². The highest BCUT2D eigenvalue weighted by molar-refractivity contribution is 7.12. The highest BCUT2D eigenvalue weighted by Gasteiger charge is 2.19. The Morgan fingerprint density at radius 3 is 2.65 bits per heavy atom. The molecule has 1 N–H and O–H groups in total. The molecule has 0 bridgehead atoms. The van der Waals surface area contributed by atoms with Crippen molar-refractivity contribution in [2.45, 2.75) is 32.2 Å². The van der Waals surface area contributed by atoms with Crippen LogP contribution in [-0.2, 0) is 10.2 Å². The standard InChI is InChI=1S/C13H20N2OS/c1-13(2,3)12-6-5-11(17-12)10(9-14)15-7-8-16-4/h5-6,10,15H,7-8H2,1-4H3. The van der Waals surface area contributed by atoms with E-state index in [0.717, 1.165) is 4.88 Å². The molecule has 1 heterocycles. The van der Waals surface area contributed by atoms with Crippen LogP contribution in [0.2, 0.25) is 0 Å². The first-order valence-electron chi connectivity index (χ1n) is 5.71. The van der Waals surface area contributed by atoms with E-state index >= 15 is 0 Å². The SMILES string of the molecule is COCCNC(C#N)c1ccc(C(C)(C)C)s1. The first-order chi connectivity index (χ1) is 7.99. The average molecular weight is 252 g/mol. The number of nitrogens with one attached hydrogen (secondary N) is 1. The molecule has 1 aromatic heterocycles. The van der Waals surface area contributed by atoms with E-state index in [1.165, 1.54) is 4.88 Å². The van der Waals surface area contributed by atoms with Crippen LogP contribution in [0.4, 0.5) is 0 Å². The lowest BCUT2D eigenvalue weighted by Crippen LogP contribution is -2.23. The van der Waals surface area contributed by atoms with E-state index in [1.807, 2.05) is 6.07 Å². The lowest BCUT2D eigenvalue weighted by atomic mass is 9.95. The fourth-order valence-electron chi connectivity index (χ4n) is 1.43. The van der Waals surface area contributed by atoms with Crippen molar-refractivity contribution in [3.8, 4) is 6.07 Å². The minimum atomic E-state index is -0.230. The van der Waals surface area contributed by atoms with Crippen LogP contribution < -0.4 is 5.32 Å². The van der Waals surface area contributed by atoms with Gasteiger partial charge in [0.2, 0.25) is 0 Å². The van der Waals surface area contributed by atoms with Crippen LogP contribution in [0, 0.1) is 11.3 Å². The highest BCUT2D eigenvalue weighted by Crippen LogP contribution is 2.32. The summed E-state index contributed by atoms with van der Waals surface area (Å²) in [5, 5.41) is 12.3. The summed E-state index contributed by atoms with van der Waals surface area (Å²) < 4.78 is 4.96. The summed E-state index contributed by atoms with van der Waals surface area (Å²) in [7, 11) is 1.66. The summed E-state index contributed by atoms with van der Waals surface area (Å²) in [5.41, 5.74) is 0.148. The molecule has 0 fully saturated rings. The summed E-state index contributed by atoms with van der Waals surface area (Å²) in [6.45, 7) is 7.86. The van der Waals surface area contributed by atoms with Crippen molar-refractivity contribution in [1.29, 1.82) is 5.26 Å². The molecule has 0 amide bonds. The molecule has 1 atom stereocenters. The predicted octanol–water partition coefficient (Wildman–Crippen LogP) is 2.85. The lowest BCUT2D eigenvalue weighted by Gasteiger charge is -2.15. The second-order valence-corrected chi connectivity index (χ2v) is 6.08. The quantitative estimate of drug-likeness (QED) is 0.820. The number of rotatable bonds is 5. The predicted molar refractivity (Wildman–Crippen MR) is 71.3 cm³/mol. The maximum atomic E-state index is 9.14. The minimum absolute atomic E-state index is 0.148. The van der Waals surface area contributed by atoms with Crippen LogP contribution in [-0.4, -0.2) is 20.3 Å². The van der Waals surface area contributed by atoms with Gasteiger partial charge in [0.1, 0.15) is 6.04 Å². The van der Waals surface area contributed by atoms with E-state index in [9.17, 15) is 0 Å². The Balaban J connectivity index is 2.70. The molecule has 0 aliphatic heterocycles. The Kier molecular flexibility index (Phi) is 5.13. The van der Waals surface area contributed by atoms with Gasteiger partial charge in [-0.25, -0.2) is 0 Å². The Morgan fingerprint density at radius 1 is 1.47 bits per heavy atom. The van der Waals surface area contributed by atoms with Crippen LogP contribution >= 0.6 is 11.3 Å². The van der Waals surface area contributed by atoms with Crippen molar-refractivity contribution in [3.05, 3.63) is 21.9 Å². The summed E-state index contributed by atoms with van der Waals surface area (Å²) in [6.07, 6.45) is 0.